The van der Waals surface area contributed by atoms with Gasteiger partial charge < -0.3 is 5.73 Å². The molecule has 0 bridgehead atoms. The van der Waals surface area contributed by atoms with Gasteiger partial charge in [0.1, 0.15) is 5.82 Å². The smallest absolute Gasteiger partial charge is 0.130 e. The van der Waals surface area contributed by atoms with Gasteiger partial charge in [0.25, 0.3) is 0 Å². The van der Waals surface area contributed by atoms with Gasteiger partial charge >= 0.3 is 0 Å². The number of aromatic nitrogens is 2. The zero-order chi connectivity index (χ0) is 12.3. The first-order chi connectivity index (χ1) is 8.15. The fraction of sp³-hybridized carbons (Fsp3) is 0.286. The van der Waals surface area contributed by atoms with Crippen molar-refractivity contribution < 1.29 is 0 Å². The summed E-state index contributed by atoms with van der Waals surface area (Å²) < 4.78 is 0. The number of aryl methyl sites for hydroxylation is 1. The van der Waals surface area contributed by atoms with E-state index in [4.69, 9.17) is 5.73 Å². The Balaban J connectivity index is 2.38. The highest BCUT2D eigenvalue weighted by Crippen LogP contribution is 2.17. The summed E-state index contributed by atoms with van der Waals surface area (Å²) in [4.78, 5) is 8.96. The van der Waals surface area contributed by atoms with Gasteiger partial charge in [-0.25, -0.2) is 9.97 Å². The van der Waals surface area contributed by atoms with Crippen LogP contribution in [0.4, 0.5) is 0 Å². The fourth-order valence-electron chi connectivity index (χ4n) is 1.77. The van der Waals surface area contributed by atoms with Crippen LogP contribution in [-0.2, 0) is 6.42 Å². The highest BCUT2D eigenvalue weighted by Gasteiger charge is 2.06. The zero-order valence-electron chi connectivity index (χ0n) is 10.2. The quantitative estimate of drug-likeness (QED) is 0.875. The van der Waals surface area contributed by atoms with E-state index in [1.54, 1.807) is 0 Å². The standard InChI is InChI=1S/C14H17N3/c1-10(15)8-14-16-11(2)9-13(17-14)12-6-4-3-5-7-12/h3-7,9-10H,8,15H2,1-2H3. The number of nitrogens with two attached hydrogens (primary N) is 1. The van der Waals surface area contributed by atoms with Gasteiger partial charge in [0.15, 0.2) is 0 Å². The van der Waals surface area contributed by atoms with Crippen molar-refractivity contribution in [2.45, 2.75) is 26.3 Å². The van der Waals surface area contributed by atoms with E-state index in [-0.39, 0.29) is 6.04 Å². The summed E-state index contributed by atoms with van der Waals surface area (Å²) in [5.74, 6) is 0.818. The molecule has 17 heavy (non-hydrogen) atoms. The van der Waals surface area contributed by atoms with Gasteiger partial charge in [-0.15, -0.1) is 0 Å². The number of nitrogens with zero attached hydrogens (tertiary/aromatic N) is 2. The molecule has 3 heteroatoms. The van der Waals surface area contributed by atoms with Gasteiger partial charge in [0, 0.05) is 23.7 Å². The monoisotopic (exact) mass is 227 g/mol. The van der Waals surface area contributed by atoms with E-state index in [0.717, 1.165) is 22.8 Å². The van der Waals surface area contributed by atoms with E-state index >= 15 is 0 Å². The molecule has 3 nitrogen and oxygen atoms in total. The van der Waals surface area contributed by atoms with Crippen molar-refractivity contribution in [2.24, 2.45) is 5.73 Å². The van der Waals surface area contributed by atoms with E-state index in [1.807, 2.05) is 38.1 Å². The van der Waals surface area contributed by atoms with Crippen LogP contribution in [0.3, 0.4) is 0 Å². The molecule has 1 aromatic heterocycles. The lowest BCUT2D eigenvalue weighted by atomic mass is 10.1. The Bertz CT molecular complexity index is 492. The lowest BCUT2D eigenvalue weighted by Gasteiger charge is -2.07. The summed E-state index contributed by atoms with van der Waals surface area (Å²) in [6, 6.07) is 12.2. The summed E-state index contributed by atoms with van der Waals surface area (Å²) in [5.41, 5.74) is 8.85. The molecular weight excluding hydrogens is 210 g/mol. The number of rotatable bonds is 3. The summed E-state index contributed by atoms with van der Waals surface area (Å²) in [7, 11) is 0. The maximum Gasteiger partial charge on any atom is 0.130 e. The van der Waals surface area contributed by atoms with Crippen molar-refractivity contribution >= 4 is 0 Å². The van der Waals surface area contributed by atoms with Gasteiger partial charge in [-0.05, 0) is 19.9 Å². The third-order valence-corrected chi connectivity index (χ3v) is 2.47. The molecule has 1 atom stereocenters. The van der Waals surface area contributed by atoms with E-state index in [1.165, 1.54) is 0 Å². The van der Waals surface area contributed by atoms with Gasteiger partial charge in [-0.2, -0.15) is 0 Å². The Kier molecular flexibility index (Phi) is 3.49. The molecule has 2 aromatic rings. The first-order valence-corrected chi connectivity index (χ1v) is 5.80. The zero-order valence-corrected chi connectivity index (χ0v) is 10.2. The van der Waals surface area contributed by atoms with E-state index < -0.39 is 0 Å². The Morgan fingerprint density at radius 2 is 1.88 bits per heavy atom. The molecule has 2 rings (SSSR count). The Labute approximate surface area is 102 Å². The summed E-state index contributed by atoms with van der Waals surface area (Å²) in [6.07, 6.45) is 0.710. The topological polar surface area (TPSA) is 51.8 Å². The Hall–Kier alpha value is -1.74. The molecule has 0 aliphatic carbocycles. The molecule has 0 radical (unpaired) electrons. The lowest BCUT2D eigenvalue weighted by Crippen LogP contribution is -2.19. The number of benzene rings is 1. The van der Waals surface area contributed by atoms with Crippen LogP contribution in [0.5, 0.6) is 0 Å². The van der Waals surface area contributed by atoms with Gasteiger partial charge in [0.05, 0.1) is 5.69 Å². The van der Waals surface area contributed by atoms with Crippen molar-refractivity contribution in [3.63, 3.8) is 0 Å². The van der Waals surface area contributed by atoms with Gasteiger partial charge in [0.2, 0.25) is 0 Å². The average Bonchev–Trinajstić information content (AvgIpc) is 2.28. The third-order valence-electron chi connectivity index (χ3n) is 2.47. The number of hydrogen-bond acceptors (Lipinski definition) is 3. The van der Waals surface area contributed by atoms with Crippen molar-refractivity contribution in [1.82, 2.24) is 9.97 Å². The van der Waals surface area contributed by atoms with Crippen LogP contribution in [0.15, 0.2) is 36.4 Å². The van der Waals surface area contributed by atoms with Crippen LogP contribution in [0, 0.1) is 6.92 Å². The predicted molar refractivity (Wildman–Crippen MR) is 69.6 cm³/mol. The summed E-state index contributed by atoms with van der Waals surface area (Å²) >= 11 is 0. The molecule has 1 unspecified atom stereocenters. The van der Waals surface area contributed by atoms with Crippen molar-refractivity contribution in [1.29, 1.82) is 0 Å². The highest BCUT2D eigenvalue weighted by atomic mass is 14.9. The van der Waals surface area contributed by atoms with Crippen LogP contribution in [-0.4, -0.2) is 16.0 Å². The molecule has 0 aliphatic heterocycles. The molecule has 0 saturated heterocycles. The maximum absolute atomic E-state index is 5.78. The molecule has 0 fully saturated rings. The van der Waals surface area contributed by atoms with Gasteiger partial charge in [-0.1, -0.05) is 30.3 Å². The molecule has 0 amide bonds. The van der Waals surface area contributed by atoms with E-state index in [2.05, 4.69) is 22.1 Å². The second-order valence-electron chi connectivity index (χ2n) is 4.36. The summed E-state index contributed by atoms with van der Waals surface area (Å²) in [6.45, 7) is 3.95. The SMILES string of the molecule is Cc1cc(-c2ccccc2)nc(CC(C)N)n1. The molecule has 88 valence electrons. The van der Waals surface area contributed by atoms with Crippen molar-refractivity contribution in [3.8, 4) is 11.3 Å². The van der Waals surface area contributed by atoms with E-state index in [0.29, 0.717) is 6.42 Å². The predicted octanol–water partition coefficient (Wildman–Crippen LogP) is 2.34. The Morgan fingerprint density at radius 3 is 2.53 bits per heavy atom. The van der Waals surface area contributed by atoms with Crippen LogP contribution in [0.25, 0.3) is 11.3 Å². The van der Waals surface area contributed by atoms with Crippen LogP contribution in [0.2, 0.25) is 0 Å². The molecule has 1 aromatic carbocycles. The minimum atomic E-state index is 0.0837. The third kappa shape index (κ3) is 3.11. The second-order valence-corrected chi connectivity index (χ2v) is 4.36. The second kappa shape index (κ2) is 5.06. The minimum Gasteiger partial charge on any atom is -0.328 e. The van der Waals surface area contributed by atoms with Crippen LogP contribution < -0.4 is 5.73 Å². The fourth-order valence-corrected chi connectivity index (χ4v) is 1.77. The molecule has 0 spiro atoms. The largest absolute Gasteiger partial charge is 0.328 e. The molecule has 0 aliphatic rings. The average molecular weight is 227 g/mol. The van der Waals surface area contributed by atoms with Crippen molar-refractivity contribution in [3.05, 3.63) is 47.9 Å². The van der Waals surface area contributed by atoms with Crippen molar-refractivity contribution in [2.75, 3.05) is 0 Å². The first-order valence-electron chi connectivity index (χ1n) is 5.80. The molecule has 2 N–H and O–H groups in total. The van der Waals surface area contributed by atoms with Gasteiger partial charge in [-0.3, -0.25) is 0 Å². The van der Waals surface area contributed by atoms with Crippen LogP contribution >= 0.6 is 0 Å². The summed E-state index contributed by atoms with van der Waals surface area (Å²) in [5, 5.41) is 0. The van der Waals surface area contributed by atoms with E-state index in [9.17, 15) is 0 Å². The minimum absolute atomic E-state index is 0.0837. The number of hydrogen-bond donors (Lipinski definition) is 1. The molecular formula is C14H17N3. The Morgan fingerprint density at radius 1 is 1.18 bits per heavy atom. The lowest BCUT2D eigenvalue weighted by molar-refractivity contribution is 0.700. The molecule has 1 heterocycles. The first kappa shape index (κ1) is 11.7. The maximum atomic E-state index is 5.78. The highest BCUT2D eigenvalue weighted by molar-refractivity contribution is 5.58. The molecule has 0 saturated carbocycles. The van der Waals surface area contributed by atoms with Crippen LogP contribution in [0.1, 0.15) is 18.4 Å². The normalized spacial score (nSPS) is 12.4.